The van der Waals surface area contributed by atoms with Gasteiger partial charge in [0.05, 0.1) is 17.0 Å². The molecule has 0 aliphatic carbocycles. The van der Waals surface area contributed by atoms with E-state index in [-0.39, 0.29) is 28.7 Å². The number of anilines is 1. The predicted molar refractivity (Wildman–Crippen MR) is 153 cm³/mol. The van der Waals surface area contributed by atoms with Gasteiger partial charge in [0.15, 0.2) is 0 Å². The van der Waals surface area contributed by atoms with Gasteiger partial charge in [-0.2, -0.15) is 0 Å². The Morgan fingerprint density at radius 2 is 1.67 bits per heavy atom. The minimum absolute atomic E-state index is 0.000607. The number of rotatable bonds is 11. The van der Waals surface area contributed by atoms with E-state index in [2.05, 4.69) is 5.32 Å². The van der Waals surface area contributed by atoms with Crippen molar-refractivity contribution in [2.24, 2.45) is 0 Å². The van der Waals surface area contributed by atoms with Gasteiger partial charge in [0, 0.05) is 29.6 Å². The number of hydrogen-bond donors (Lipinski definition) is 1. The number of nitrogens with zero attached hydrogens (tertiary/aromatic N) is 2. The zero-order valence-electron chi connectivity index (χ0n) is 21.2. The molecule has 3 aromatic rings. The van der Waals surface area contributed by atoms with E-state index in [0.29, 0.717) is 17.1 Å². The van der Waals surface area contributed by atoms with Crippen LogP contribution >= 0.6 is 34.8 Å². The van der Waals surface area contributed by atoms with E-state index >= 15 is 0 Å². The third-order valence-electron chi connectivity index (χ3n) is 5.85. The van der Waals surface area contributed by atoms with Crippen molar-refractivity contribution in [2.75, 3.05) is 23.7 Å². The van der Waals surface area contributed by atoms with Gasteiger partial charge >= 0.3 is 0 Å². The van der Waals surface area contributed by atoms with Gasteiger partial charge in [0.25, 0.3) is 0 Å². The van der Waals surface area contributed by atoms with Crippen molar-refractivity contribution in [1.82, 2.24) is 10.2 Å². The molecule has 0 aliphatic rings. The summed E-state index contributed by atoms with van der Waals surface area (Å²) >= 11 is 18.4. The second-order valence-corrected chi connectivity index (χ2v) is 11.9. The molecule has 0 saturated heterocycles. The van der Waals surface area contributed by atoms with Crippen LogP contribution in [0, 0.1) is 5.82 Å². The van der Waals surface area contributed by atoms with E-state index in [1.807, 2.05) is 30.3 Å². The van der Waals surface area contributed by atoms with Gasteiger partial charge in [-0.25, -0.2) is 12.8 Å². The molecule has 0 spiro atoms. The fraction of sp³-hybridized carbons (Fsp3) is 0.259. The van der Waals surface area contributed by atoms with Gasteiger partial charge in [0.1, 0.15) is 18.4 Å². The maximum absolute atomic E-state index is 13.9. The van der Waals surface area contributed by atoms with Gasteiger partial charge in [-0.3, -0.25) is 13.9 Å². The number of sulfonamides is 1. The maximum atomic E-state index is 13.9. The molecule has 3 rings (SSSR count). The van der Waals surface area contributed by atoms with Crippen molar-refractivity contribution in [3.05, 3.63) is 98.7 Å². The van der Waals surface area contributed by atoms with Crippen LogP contribution in [-0.4, -0.2) is 50.5 Å². The summed E-state index contributed by atoms with van der Waals surface area (Å²) in [4.78, 5) is 28.5. The number of carbonyl (C=O) groups is 2. The Bertz CT molecular complexity index is 1440. The molecular formula is C27H27Cl3FN3O4S. The highest BCUT2D eigenvalue weighted by atomic mass is 35.5. The number of hydrogen-bond acceptors (Lipinski definition) is 4. The van der Waals surface area contributed by atoms with Crippen molar-refractivity contribution in [2.45, 2.75) is 25.9 Å². The lowest BCUT2D eigenvalue weighted by Gasteiger charge is -2.33. The summed E-state index contributed by atoms with van der Waals surface area (Å²) in [5.41, 5.74) is 1.30. The minimum Gasteiger partial charge on any atom is -0.355 e. The summed E-state index contributed by atoms with van der Waals surface area (Å²) in [7, 11) is -4.02. The number of benzene rings is 3. The van der Waals surface area contributed by atoms with E-state index in [1.165, 1.54) is 17.0 Å². The summed E-state index contributed by atoms with van der Waals surface area (Å²) in [6, 6.07) is 16.2. The molecule has 3 aromatic carbocycles. The SMILES string of the molecule is CCNC(=O)C(Cc1ccccc1)N(Cc1ccc(Cl)cc1Cl)C(=O)CN(c1ccc(F)c(Cl)c1)S(C)(=O)=O. The molecular weight excluding hydrogens is 588 g/mol. The number of carbonyl (C=O) groups excluding carboxylic acids is 2. The van der Waals surface area contributed by atoms with Gasteiger partial charge in [-0.1, -0.05) is 71.2 Å². The van der Waals surface area contributed by atoms with E-state index in [4.69, 9.17) is 34.8 Å². The highest BCUT2D eigenvalue weighted by Crippen LogP contribution is 2.27. The molecule has 1 unspecified atom stereocenters. The highest BCUT2D eigenvalue weighted by Gasteiger charge is 2.33. The quantitative estimate of drug-likeness (QED) is 0.317. The first-order chi connectivity index (χ1) is 18.4. The minimum atomic E-state index is -4.02. The Hall–Kier alpha value is -2.85. The largest absolute Gasteiger partial charge is 0.355 e. The second-order valence-electron chi connectivity index (χ2n) is 8.73. The van der Waals surface area contributed by atoms with Crippen LogP contribution < -0.4 is 9.62 Å². The molecule has 0 saturated carbocycles. The molecule has 208 valence electrons. The molecule has 39 heavy (non-hydrogen) atoms. The summed E-state index contributed by atoms with van der Waals surface area (Å²) in [6.07, 6.45) is 1.08. The predicted octanol–water partition coefficient (Wildman–Crippen LogP) is 5.33. The average Bonchev–Trinajstić information content (AvgIpc) is 2.87. The van der Waals surface area contributed by atoms with Crippen molar-refractivity contribution in [3.8, 4) is 0 Å². The van der Waals surface area contributed by atoms with Crippen molar-refractivity contribution in [1.29, 1.82) is 0 Å². The molecule has 1 N–H and O–H groups in total. The van der Waals surface area contributed by atoms with E-state index in [1.54, 1.807) is 19.1 Å². The van der Waals surface area contributed by atoms with Crippen LogP contribution in [0.25, 0.3) is 0 Å². The van der Waals surface area contributed by atoms with Crippen molar-refractivity contribution in [3.63, 3.8) is 0 Å². The standard InChI is InChI=1S/C27H27Cl3FN3O4S/c1-3-32-27(36)25(13-18-7-5-4-6-8-18)33(16-19-9-10-20(28)14-22(19)29)26(35)17-34(39(2,37)38)21-11-12-24(31)23(30)15-21/h4-12,14-15,25H,3,13,16-17H2,1-2H3,(H,32,36). The lowest BCUT2D eigenvalue weighted by atomic mass is 10.0. The molecule has 7 nitrogen and oxygen atoms in total. The van der Waals surface area contributed by atoms with E-state index in [0.717, 1.165) is 28.3 Å². The molecule has 2 amide bonds. The molecule has 0 aliphatic heterocycles. The van der Waals surface area contributed by atoms with Crippen LogP contribution in [0.4, 0.5) is 10.1 Å². The number of halogens is 4. The third-order valence-corrected chi connectivity index (χ3v) is 7.87. The summed E-state index contributed by atoms with van der Waals surface area (Å²) in [5, 5.41) is 3.13. The summed E-state index contributed by atoms with van der Waals surface area (Å²) in [6.45, 7) is 1.29. The van der Waals surface area contributed by atoms with Crippen molar-refractivity contribution < 1.29 is 22.4 Å². The molecule has 0 bridgehead atoms. The first-order valence-electron chi connectivity index (χ1n) is 11.9. The Balaban J connectivity index is 2.07. The third kappa shape index (κ3) is 8.32. The second kappa shape index (κ2) is 13.5. The maximum Gasteiger partial charge on any atom is 0.244 e. The highest BCUT2D eigenvalue weighted by molar-refractivity contribution is 7.92. The van der Waals surface area contributed by atoms with Crippen molar-refractivity contribution >= 4 is 62.3 Å². The zero-order valence-corrected chi connectivity index (χ0v) is 24.3. The zero-order chi connectivity index (χ0) is 28.7. The fourth-order valence-corrected chi connectivity index (χ4v) is 5.42. The molecule has 0 heterocycles. The molecule has 0 fully saturated rings. The first-order valence-corrected chi connectivity index (χ1v) is 14.9. The molecule has 0 aromatic heterocycles. The van der Waals surface area contributed by atoms with Gasteiger partial charge in [-0.15, -0.1) is 0 Å². The van der Waals surface area contributed by atoms with Crippen LogP contribution in [0.1, 0.15) is 18.1 Å². The Kier molecular flexibility index (Phi) is 10.6. The van der Waals surface area contributed by atoms with Gasteiger partial charge in [0.2, 0.25) is 21.8 Å². The first kappa shape index (κ1) is 30.7. The lowest BCUT2D eigenvalue weighted by Crippen LogP contribution is -2.53. The Labute approximate surface area is 242 Å². The fourth-order valence-electron chi connectivity index (χ4n) is 3.93. The van der Waals surface area contributed by atoms with E-state index < -0.39 is 40.2 Å². The van der Waals surface area contributed by atoms with Crippen LogP contribution in [-0.2, 0) is 32.6 Å². The molecule has 1 atom stereocenters. The average molecular weight is 615 g/mol. The Morgan fingerprint density at radius 1 is 0.974 bits per heavy atom. The summed E-state index contributed by atoms with van der Waals surface area (Å²) < 4.78 is 40.1. The van der Waals surface area contributed by atoms with Gasteiger partial charge in [-0.05, 0) is 48.4 Å². The van der Waals surface area contributed by atoms with Crippen LogP contribution in [0.3, 0.4) is 0 Å². The topological polar surface area (TPSA) is 86.8 Å². The summed E-state index contributed by atoms with van der Waals surface area (Å²) in [5.74, 6) is -1.84. The van der Waals surface area contributed by atoms with Gasteiger partial charge < -0.3 is 10.2 Å². The number of amides is 2. The molecule has 12 heteroatoms. The molecule has 0 radical (unpaired) electrons. The lowest BCUT2D eigenvalue weighted by molar-refractivity contribution is -0.140. The monoisotopic (exact) mass is 613 g/mol. The van der Waals surface area contributed by atoms with Crippen LogP contribution in [0.15, 0.2) is 66.7 Å². The Morgan fingerprint density at radius 3 is 2.26 bits per heavy atom. The van der Waals surface area contributed by atoms with Crippen LogP contribution in [0.5, 0.6) is 0 Å². The number of likely N-dealkylation sites (N-methyl/N-ethyl adjacent to an activating group) is 1. The van der Waals surface area contributed by atoms with Crippen LogP contribution in [0.2, 0.25) is 15.1 Å². The number of nitrogens with one attached hydrogen (secondary N) is 1. The van der Waals surface area contributed by atoms with E-state index in [9.17, 15) is 22.4 Å². The normalized spacial score (nSPS) is 12.1. The smallest absolute Gasteiger partial charge is 0.244 e.